The molecule has 0 aliphatic heterocycles. The van der Waals surface area contributed by atoms with Crippen LogP contribution in [-0.2, 0) is 13.1 Å². The Labute approximate surface area is 143 Å². The van der Waals surface area contributed by atoms with Gasteiger partial charge in [-0.15, -0.1) is 13.2 Å². The first kappa shape index (κ1) is 19.6. The second-order valence-corrected chi connectivity index (χ2v) is 5.32. The van der Waals surface area contributed by atoms with Gasteiger partial charge in [0.1, 0.15) is 18.1 Å². The lowest BCUT2D eigenvalue weighted by Gasteiger charge is -2.18. The summed E-state index contributed by atoms with van der Waals surface area (Å²) < 4.78 is 78.4. The van der Waals surface area contributed by atoms with Crippen molar-refractivity contribution >= 4 is 5.91 Å². The third-order valence-electron chi connectivity index (χ3n) is 3.21. The summed E-state index contributed by atoms with van der Waals surface area (Å²) in [7, 11) is 1.34. The number of ether oxygens (including phenoxy) is 1. The predicted molar refractivity (Wildman–Crippen MR) is 77.2 cm³/mol. The summed E-state index contributed by atoms with van der Waals surface area (Å²) >= 11 is 0. The van der Waals surface area contributed by atoms with Gasteiger partial charge in [-0.3, -0.25) is 4.79 Å². The molecular weight excluding hydrogens is 368 g/mol. The molecule has 0 aliphatic carbocycles. The second-order valence-electron chi connectivity index (χ2n) is 5.32. The van der Waals surface area contributed by atoms with E-state index in [0.29, 0.717) is 0 Å². The molecule has 142 valence electrons. The van der Waals surface area contributed by atoms with Crippen molar-refractivity contribution in [3.05, 3.63) is 48.0 Å². The lowest BCUT2D eigenvalue weighted by molar-refractivity contribution is -0.274. The lowest BCUT2D eigenvalue weighted by Crippen LogP contribution is -2.29. The topological polar surface area (TPSA) is 47.4 Å². The van der Waals surface area contributed by atoms with Crippen LogP contribution in [0.1, 0.15) is 16.2 Å². The number of carbonyl (C=O) groups is 1. The number of halogens is 6. The van der Waals surface area contributed by atoms with Crippen molar-refractivity contribution in [2.24, 2.45) is 0 Å². The molecule has 0 saturated carbocycles. The summed E-state index contributed by atoms with van der Waals surface area (Å²) in [6.07, 6.45) is -6.96. The van der Waals surface area contributed by atoms with Crippen LogP contribution in [0.3, 0.4) is 0 Å². The second kappa shape index (κ2) is 7.26. The minimum Gasteiger partial charge on any atom is -0.406 e. The Morgan fingerprint density at radius 2 is 1.77 bits per heavy atom. The molecule has 5 nitrogen and oxygen atoms in total. The number of imidazole rings is 1. The Balaban J connectivity index is 2.05. The predicted octanol–water partition coefficient (Wildman–Crippen LogP) is 3.62. The van der Waals surface area contributed by atoms with Crippen LogP contribution < -0.4 is 4.74 Å². The summed E-state index contributed by atoms with van der Waals surface area (Å²) in [5, 5.41) is 0. The molecule has 1 aromatic carbocycles. The highest BCUT2D eigenvalue weighted by Gasteiger charge is 2.31. The van der Waals surface area contributed by atoms with Crippen molar-refractivity contribution in [3.63, 3.8) is 0 Å². The molecule has 26 heavy (non-hydrogen) atoms. The molecule has 0 saturated heterocycles. The van der Waals surface area contributed by atoms with Gasteiger partial charge < -0.3 is 14.2 Å². The zero-order valence-corrected chi connectivity index (χ0v) is 13.3. The standard InChI is InChI=1S/C15H13F6N3O2/c1-23(8-12-22-6-7-24(12)9-14(16,17)18)13(25)10-2-4-11(5-3-10)26-15(19,20)21/h2-7H,8-9H2,1H3. The van der Waals surface area contributed by atoms with Gasteiger partial charge in [0.05, 0.1) is 6.54 Å². The van der Waals surface area contributed by atoms with Crippen molar-refractivity contribution in [2.45, 2.75) is 25.6 Å². The van der Waals surface area contributed by atoms with Gasteiger partial charge in [0.15, 0.2) is 0 Å². The molecule has 1 amide bonds. The van der Waals surface area contributed by atoms with E-state index in [9.17, 15) is 31.1 Å². The molecule has 2 aromatic rings. The van der Waals surface area contributed by atoms with Crippen LogP contribution >= 0.6 is 0 Å². The number of alkyl halides is 6. The average molecular weight is 381 g/mol. The van der Waals surface area contributed by atoms with E-state index in [-0.39, 0.29) is 17.9 Å². The molecule has 0 spiro atoms. The van der Waals surface area contributed by atoms with E-state index < -0.39 is 30.7 Å². The van der Waals surface area contributed by atoms with E-state index in [1.54, 1.807) is 0 Å². The molecule has 0 unspecified atom stereocenters. The summed E-state index contributed by atoms with van der Waals surface area (Å²) in [6.45, 7) is -1.45. The number of amides is 1. The molecule has 0 atom stereocenters. The van der Waals surface area contributed by atoms with Crippen molar-refractivity contribution in [1.29, 1.82) is 0 Å². The van der Waals surface area contributed by atoms with Crippen LogP contribution in [0.2, 0.25) is 0 Å². The Kier molecular flexibility index (Phi) is 5.47. The quantitative estimate of drug-likeness (QED) is 0.744. The van der Waals surface area contributed by atoms with Crippen molar-refractivity contribution in [2.75, 3.05) is 7.05 Å². The van der Waals surface area contributed by atoms with Crippen LogP contribution in [0.4, 0.5) is 26.3 Å². The van der Waals surface area contributed by atoms with Gasteiger partial charge in [-0.2, -0.15) is 13.2 Å². The number of hydrogen-bond donors (Lipinski definition) is 0. The summed E-state index contributed by atoms with van der Waals surface area (Å²) in [5.41, 5.74) is 0.0518. The third-order valence-corrected chi connectivity index (χ3v) is 3.21. The fraction of sp³-hybridized carbons (Fsp3) is 0.333. The Hall–Kier alpha value is -2.72. The minimum atomic E-state index is -4.85. The summed E-state index contributed by atoms with van der Waals surface area (Å²) in [4.78, 5) is 17.2. The van der Waals surface area contributed by atoms with Gasteiger partial charge in [0, 0.05) is 25.0 Å². The molecule has 0 aliphatic rings. The highest BCUT2D eigenvalue weighted by Crippen LogP contribution is 2.23. The van der Waals surface area contributed by atoms with Gasteiger partial charge in [-0.1, -0.05) is 0 Å². The highest BCUT2D eigenvalue weighted by atomic mass is 19.4. The fourth-order valence-electron chi connectivity index (χ4n) is 2.13. The van der Waals surface area contributed by atoms with Gasteiger partial charge in [-0.05, 0) is 24.3 Å². The molecule has 0 bridgehead atoms. The largest absolute Gasteiger partial charge is 0.573 e. The maximum atomic E-state index is 12.5. The fourth-order valence-corrected chi connectivity index (χ4v) is 2.13. The third kappa shape index (κ3) is 5.67. The lowest BCUT2D eigenvalue weighted by atomic mass is 10.2. The summed E-state index contributed by atoms with van der Waals surface area (Å²) in [6, 6.07) is 4.20. The van der Waals surface area contributed by atoms with Gasteiger partial charge in [-0.25, -0.2) is 4.98 Å². The first-order valence-electron chi connectivity index (χ1n) is 7.12. The van der Waals surface area contributed by atoms with Gasteiger partial charge in [0.25, 0.3) is 5.91 Å². The van der Waals surface area contributed by atoms with E-state index in [1.165, 1.54) is 13.2 Å². The van der Waals surface area contributed by atoms with Crippen LogP contribution in [0.5, 0.6) is 5.75 Å². The number of aromatic nitrogens is 2. The maximum absolute atomic E-state index is 12.5. The Morgan fingerprint density at radius 3 is 2.31 bits per heavy atom. The minimum absolute atomic E-state index is 0.0233. The molecule has 0 N–H and O–H groups in total. The monoisotopic (exact) mass is 381 g/mol. The number of carbonyl (C=O) groups excluding carboxylic acids is 1. The molecule has 1 aromatic heterocycles. The number of nitrogens with zero attached hydrogens (tertiary/aromatic N) is 3. The zero-order valence-electron chi connectivity index (χ0n) is 13.3. The zero-order chi connectivity index (χ0) is 19.5. The van der Waals surface area contributed by atoms with Crippen molar-refractivity contribution < 1.29 is 35.9 Å². The number of benzene rings is 1. The van der Waals surface area contributed by atoms with E-state index in [0.717, 1.165) is 39.9 Å². The summed E-state index contributed by atoms with van der Waals surface area (Å²) in [5.74, 6) is -1.06. The Morgan fingerprint density at radius 1 is 1.15 bits per heavy atom. The van der Waals surface area contributed by atoms with Crippen LogP contribution in [0.15, 0.2) is 36.7 Å². The molecule has 0 radical (unpaired) electrons. The van der Waals surface area contributed by atoms with E-state index in [2.05, 4.69) is 9.72 Å². The smallest absolute Gasteiger partial charge is 0.406 e. The van der Waals surface area contributed by atoms with E-state index in [4.69, 9.17) is 0 Å². The molecule has 1 heterocycles. The molecule has 11 heteroatoms. The number of hydrogen-bond acceptors (Lipinski definition) is 3. The first-order chi connectivity index (χ1) is 11.9. The van der Waals surface area contributed by atoms with Crippen LogP contribution in [-0.4, -0.2) is 39.9 Å². The van der Waals surface area contributed by atoms with Gasteiger partial charge in [0.2, 0.25) is 0 Å². The SMILES string of the molecule is CN(Cc1nccn1CC(F)(F)F)C(=O)c1ccc(OC(F)(F)F)cc1. The van der Waals surface area contributed by atoms with E-state index in [1.807, 2.05) is 0 Å². The molecule has 2 rings (SSSR count). The normalized spacial score (nSPS) is 12.1. The van der Waals surface area contributed by atoms with Crippen LogP contribution in [0, 0.1) is 0 Å². The highest BCUT2D eigenvalue weighted by molar-refractivity contribution is 5.94. The first-order valence-corrected chi connectivity index (χ1v) is 7.12. The molecule has 0 fully saturated rings. The van der Waals surface area contributed by atoms with E-state index >= 15 is 0 Å². The van der Waals surface area contributed by atoms with Gasteiger partial charge >= 0.3 is 12.5 Å². The molecular formula is C15H13F6N3O2. The number of rotatable bonds is 5. The maximum Gasteiger partial charge on any atom is 0.573 e. The van der Waals surface area contributed by atoms with Crippen molar-refractivity contribution in [3.8, 4) is 5.75 Å². The Bertz CT molecular complexity index is 752. The van der Waals surface area contributed by atoms with Crippen molar-refractivity contribution in [1.82, 2.24) is 14.5 Å². The average Bonchev–Trinajstić information content (AvgIpc) is 2.90. The van der Waals surface area contributed by atoms with Crippen LogP contribution in [0.25, 0.3) is 0 Å².